The summed E-state index contributed by atoms with van der Waals surface area (Å²) in [6.07, 6.45) is 1.42. The van der Waals surface area contributed by atoms with Gasteiger partial charge in [-0.3, -0.25) is 9.59 Å². The number of hydrogen-bond donors (Lipinski definition) is 3. The lowest BCUT2D eigenvalue weighted by molar-refractivity contribution is -0.119. The molecule has 1 heterocycles. The molecule has 0 saturated heterocycles. The van der Waals surface area contributed by atoms with Gasteiger partial charge in [0.2, 0.25) is 5.91 Å². The molecule has 0 bridgehead atoms. The minimum Gasteiger partial charge on any atom is -0.482 e. The molecule has 0 radical (unpaired) electrons. The fraction of sp³-hybridized carbons (Fsp3) is 0.385. The summed E-state index contributed by atoms with van der Waals surface area (Å²) in [7, 11) is 0. The van der Waals surface area contributed by atoms with Gasteiger partial charge in [-0.25, -0.2) is 0 Å². The van der Waals surface area contributed by atoms with E-state index < -0.39 is 6.04 Å². The van der Waals surface area contributed by atoms with E-state index in [4.69, 9.17) is 22.1 Å². The maximum Gasteiger partial charge on any atom is 0.262 e. The van der Waals surface area contributed by atoms with Gasteiger partial charge in [0.1, 0.15) is 5.75 Å². The van der Waals surface area contributed by atoms with Crippen LogP contribution >= 0.6 is 11.6 Å². The molecule has 108 valence electrons. The number of rotatable bonds is 4. The summed E-state index contributed by atoms with van der Waals surface area (Å²) >= 11 is 6.07. The first-order valence-electron chi connectivity index (χ1n) is 6.34. The van der Waals surface area contributed by atoms with Gasteiger partial charge in [0.05, 0.1) is 22.4 Å². The number of carbonyl (C=O) groups is 2. The first kappa shape index (κ1) is 14.6. The normalized spacial score (nSPS) is 14.8. The molecule has 1 atom stereocenters. The van der Waals surface area contributed by atoms with Crippen LogP contribution in [-0.4, -0.2) is 24.5 Å². The molecule has 2 amide bonds. The Balaban J connectivity index is 2.17. The first-order valence-corrected chi connectivity index (χ1v) is 6.71. The lowest BCUT2D eigenvalue weighted by Crippen LogP contribution is -2.35. The zero-order chi connectivity index (χ0) is 14.7. The van der Waals surface area contributed by atoms with Crippen LogP contribution in [0.5, 0.6) is 5.75 Å². The van der Waals surface area contributed by atoms with Crippen molar-refractivity contribution in [2.45, 2.75) is 25.8 Å². The predicted molar refractivity (Wildman–Crippen MR) is 77.1 cm³/mol. The minimum atomic E-state index is -0.576. The second kappa shape index (κ2) is 6.11. The van der Waals surface area contributed by atoms with Gasteiger partial charge in [0, 0.05) is 6.07 Å². The summed E-state index contributed by atoms with van der Waals surface area (Å²) in [6, 6.07) is 2.54. The lowest BCUT2D eigenvalue weighted by Gasteiger charge is -2.20. The summed E-state index contributed by atoms with van der Waals surface area (Å²) in [5.41, 5.74) is 6.64. The average Bonchev–Trinajstić information content (AvgIpc) is 2.40. The summed E-state index contributed by atoms with van der Waals surface area (Å²) in [4.78, 5) is 23.1. The van der Waals surface area contributed by atoms with Crippen molar-refractivity contribution in [1.82, 2.24) is 0 Å². The lowest BCUT2D eigenvalue weighted by atomic mass is 10.1. The highest BCUT2D eigenvalue weighted by Gasteiger charge is 2.20. The molecule has 1 aromatic carbocycles. The van der Waals surface area contributed by atoms with Crippen LogP contribution < -0.4 is 21.1 Å². The Morgan fingerprint density at radius 3 is 3.05 bits per heavy atom. The second-order valence-electron chi connectivity index (χ2n) is 4.55. The SMILES string of the molecule is CCCC(N)C(=O)Nc1cc2c(cc1Cl)NC(=O)CO2. The molecule has 2 rings (SSSR count). The molecule has 1 aliphatic heterocycles. The molecule has 1 unspecified atom stereocenters. The summed E-state index contributed by atoms with van der Waals surface area (Å²) < 4.78 is 5.27. The average molecular weight is 298 g/mol. The monoisotopic (exact) mass is 297 g/mol. The Bertz CT molecular complexity index is 548. The second-order valence-corrected chi connectivity index (χ2v) is 4.96. The molecule has 6 nitrogen and oxygen atoms in total. The topological polar surface area (TPSA) is 93.5 Å². The van der Waals surface area contributed by atoms with Gasteiger partial charge < -0.3 is 21.1 Å². The Labute approximate surface area is 121 Å². The van der Waals surface area contributed by atoms with Gasteiger partial charge >= 0.3 is 0 Å². The largest absolute Gasteiger partial charge is 0.482 e. The van der Waals surface area contributed by atoms with E-state index in [-0.39, 0.29) is 18.4 Å². The Kier molecular flexibility index (Phi) is 4.46. The molecule has 0 fully saturated rings. The Morgan fingerprint density at radius 1 is 1.60 bits per heavy atom. The standard InChI is InChI=1S/C13H16ClN3O3/c1-2-3-8(15)13(19)17-9-5-11-10(4-7(9)14)16-12(18)6-20-11/h4-5,8H,2-3,6,15H2,1H3,(H,16,18)(H,17,19). The number of nitrogens with two attached hydrogens (primary N) is 1. The summed E-state index contributed by atoms with van der Waals surface area (Å²) in [5, 5.41) is 5.62. The number of ether oxygens (including phenoxy) is 1. The zero-order valence-electron chi connectivity index (χ0n) is 11.0. The first-order chi connectivity index (χ1) is 9.51. The van der Waals surface area contributed by atoms with Gasteiger partial charge in [-0.05, 0) is 12.5 Å². The molecule has 0 saturated carbocycles. The number of halogens is 1. The third kappa shape index (κ3) is 3.20. The van der Waals surface area contributed by atoms with Crippen LogP contribution in [0.4, 0.5) is 11.4 Å². The van der Waals surface area contributed by atoms with E-state index in [1.54, 1.807) is 6.07 Å². The van der Waals surface area contributed by atoms with E-state index in [1.807, 2.05) is 6.92 Å². The molecule has 0 aliphatic carbocycles. The van der Waals surface area contributed by atoms with Crippen molar-refractivity contribution in [2.24, 2.45) is 5.73 Å². The summed E-state index contributed by atoms with van der Waals surface area (Å²) in [6.45, 7) is 1.90. The minimum absolute atomic E-state index is 0.0582. The van der Waals surface area contributed by atoms with E-state index in [0.29, 0.717) is 28.6 Å². The van der Waals surface area contributed by atoms with Crippen LogP contribution in [0.1, 0.15) is 19.8 Å². The molecule has 1 aliphatic rings. The van der Waals surface area contributed by atoms with Crippen LogP contribution in [0.3, 0.4) is 0 Å². The van der Waals surface area contributed by atoms with Crippen molar-refractivity contribution in [1.29, 1.82) is 0 Å². The number of amides is 2. The van der Waals surface area contributed by atoms with Crippen LogP contribution in [0, 0.1) is 0 Å². The van der Waals surface area contributed by atoms with Gasteiger partial charge in [0.25, 0.3) is 5.91 Å². The van der Waals surface area contributed by atoms with Crippen molar-refractivity contribution in [2.75, 3.05) is 17.2 Å². The molecule has 0 spiro atoms. The highest BCUT2D eigenvalue weighted by atomic mass is 35.5. The Hall–Kier alpha value is -1.79. The van der Waals surface area contributed by atoms with Crippen LogP contribution in [0.2, 0.25) is 5.02 Å². The zero-order valence-corrected chi connectivity index (χ0v) is 11.8. The smallest absolute Gasteiger partial charge is 0.262 e. The quantitative estimate of drug-likeness (QED) is 0.789. The molecule has 0 aromatic heterocycles. The van der Waals surface area contributed by atoms with Crippen LogP contribution in [0.15, 0.2) is 12.1 Å². The number of nitrogens with one attached hydrogen (secondary N) is 2. The molecule has 20 heavy (non-hydrogen) atoms. The van der Waals surface area contributed by atoms with Crippen LogP contribution in [0.25, 0.3) is 0 Å². The number of anilines is 2. The summed E-state index contributed by atoms with van der Waals surface area (Å²) in [5.74, 6) is -0.0720. The van der Waals surface area contributed by atoms with E-state index in [1.165, 1.54) is 6.07 Å². The van der Waals surface area contributed by atoms with Gasteiger partial charge in [0.15, 0.2) is 6.61 Å². The van der Waals surface area contributed by atoms with Crippen molar-refractivity contribution in [3.05, 3.63) is 17.2 Å². The van der Waals surface area contributed by atoms with E-state index in [2.05, 4.69) is 10.6 Å². The number of fused-ring (bicyclic) bond motifs is 1. The van der Waals surface area contributed by atoms with Gasteiger partial charge in [-0.2, -0.15) is 0 Å². The number of benzene rings is 1. The van der Waals surface area contributed by atoms with E-state index >= 15 is 0 Å². The van der Waals surface area contributed by atoms with Gasteiger partial charge in [-0.15, -0.1) is 0 Å². The predicted octanol–water partition coefficient (Wildman–Crippen LogP) is 1.74. The third-order valence-corrected chi connectivity index (χ3v) is 3.21. The van der Waals surface area contributed by atoms with Crippen LogP contribution in [-0.2, 0) is 9.59 Å². The fourth-order valence-electron chi connectivity index (χ4n) is 1.86. The number of hydrogen-bond acceptors (Lipinski definition) is 4. The fourth-order valence-corrected chi connectivity index (χ4v) is 2.07. The maximum atomic E-state index is 11.9. The molecule has 4 N–H and O–H groups in total. The molecule has 7 heteroatoms. The molecular weight excluding hydrogens is 282 g/mol. The third-order valence-electron chi connectivity index (χ3n) is 2.90. The molecular formula is C13H16ClN3O3. The van der Waals surface area contributed by atoms with Crippen molar-refractivity contribution in [3.63, 3.8) is 0 Å². The van der Waals surface area contributed by atoms with Crippen molar-refractivity contribution < 1.29 is 14.3 Å². The van der Waals surface area contributed by atoms with E-state index in [0.717, 1.165) is 6.42 Å². The Morgan fingerprint density at radius 2 is 2.35 bits per heavy atom. The molecule has 1 aromatic rings. The van der Waals surface area contributed by atoms with Gasteiger partial charge in [-0.1, -0.05) is 24.9 Å². The highest BCUT2D eigenvalue weighted by molar-refractivity contribution is 6.34. The maximum absolute atomic E-state index is 11.9. The highest BCUT2D eigenvalue weighted by Crippen LogP contribution is 2.36. The number of carbonyl (C=O) groups excluding carboxylic acids is 2. The van der Waals surface area contributed by atoms with Crippen molar-refractivity contribution >= 4 is 34.8 Å². The van der Waals surface area contributed by atoms with E-state index in [9.17, 15) is 9.59 Å². The van der Waals surface area contributed by atoms with Crippen molar-refractivity contribution in [3.8, 4) is 5.75 Å².